The van der Waals surface area contributed by atoms with E-state index >= 15 is 0 Å². The molecule has 1 fully saturated rings. The topological polar surface area (TPSA) is 34.1 Å². The average Bonchev–Trinajstić information content (AvgIpc) is 2.13. The largest absolute Gasteiger partial charge is 0.224 e. The van der Waals surface area contributed by atoms with E-state index < -0.39 is 9.84 Å². The Balaban J connectivity index is 2.15. The molecule has 0 amide bonds. The van der Waals surface area contributed by atoms with Crippen LogP contribution < -0.4 is 0 Å². The predicted molar refractivity (Wildman–Crippen MR) is 54.7 cm³/mol. The van der Waals surface area contributed by atoms with Crippen molar-refractivity contribution in [1.29, 1.82) is 0 Å². The van der Waals surface area contributed by atoms with Gasteiger partial charge in [-0.05, 0) is 37.0 Å². The van der Waals surface area contributed by atoms with Crippen molar-refractivity contribution in [2.45, 2.75) is 24.2 Å². The van der Waals surface area contributed by atoms with Gasteiger partial charge in [0.05, 0.1) is 10.6 Å². The number of hydrogen-bond donors (Lipinski definition) is 0. The first-order valence-electron chi connectivity index (χ1n) is 4.87. The summed E-state index contributed by atoms with van der Waals surface area (Å²) in [4.78, 5) is 0.409. The molecule has 0 heterocycles. The minimum absolute atomic E-state index is 0.310. The highest BCUT2D eigenvalue weighted by Crippen LogP contribution is 2.29. The van der Waals surface area contributed by atoms with Crippen LogP contribution in [0, 0.1) is 12.0 Å². The maximum Gasteiger partial charge on any atom is 0.178 e. The van der Waals surface area contributed by atoms with E-state index in [1.54, 1.807) is 24.3 Å². The standard InChI is InChI=1S/C11H13O2S/c12-14(13,9-10-5-4-6-10)11-7-2-1-3-8-11/h1-2,7-8,10H,4-6,9H2. The van der Waals surface area contributed by atoms with Gasteiger partial charge in [-0.3, -0.25) is 0 Å². The Morgan fingerprint density at radius 2 is 2.21 bits per heavy atom. The molecule has 75 valence electrons. The lowest BCUT2D eigenvalue weighted by Crippen LogP contribution is -2.22. The molecule has 0 saturated heterocycles. The molecular weight excluding hydrogens is 196 g/mol. The van der Waals surface area contributed by atoms with Gasteiger partial charge in [0.2, 0.25) is 0 Å². The second-order valence-corrected chi connectivity index (χ2v) is 5.85. The quantitative estimate of drug-likeness (QED) is 0.763. The maximum atomic E-state index is 11.8. The van der Waals surface area contributed by atoms with Crippen LogP contribution in [0.15, 0.2) is 29.2 Å². The van der Waals surface area contributed by atoms with Crippen molar-refractivity contribution in [3.05, 3.63) is 30.3 Å². The van der Waals surface area contributed by atoms with Gasteiger partial charge in [0.1, 0.15) is 0 Å². The van der Waals surface area contributed by atoms with Crippen molar-refractivity contribution in [1.82, 2.24) is 0 Å². The van der Waals surface area contributed by atoms with Crippen LogP contribution in [0.2, 0.25) is 0 Å². The molecular formula is C11H13O2S. The number of rotatable bonds is 3. The fraction of sp³-hybridized carbons (Fsp3) is 0.455. The third-order valence-electron chi connectivity index (χ3n) is 2.72. The number of hydrogen-bond acceptors (Lipinski definition) is 2. The first kappa shape index (κ1) is 9.71. The molecule has 1 aliphatic carbocycles. The lowest BCUT2D eigenvalue weighted by atomic mass is 9.87. The first-order chi connectivity index (χ1) is 6.68. The van der Waals surface area contributed by atoms with Gasteiger partial charge in [0.15, 0.2) is 9.84 Å². The van der Waals surface area contributed by atoms with Gasteiger partial charge in [-0.25, -0.2) is 8.42 Å². The van der Waals surface area contributed by atoms with Crippen molar-refractivity contribution in [3.8, 4) is 0 Å². The van der Waals surface area contributed by atoms with Crippen LogP contribution in [0.4, 0.5) is 0 Å². The molecule has 0 unspecified atom stereocenters. The molecule has 3 heteroatoms. The Labute approximate surface area is 84.9 Å². The van der Waals surface area contributed by atoms with Crippen molar-refractivity contribution in [2.75, 3.05) is 5.75 Å². The molecule has 0 spiro atoms. The van der Waals surface area contributed by atoms with E-state index in [9.17, 15) is 8.42 Å². The van der Waals surface area contributed by atoms with E-state index in [-0.39, 0.29) is 0 Å². The Morgan fingerprint density at radius 1 is 1.43 bits per heavy atom. The summed E-state index contributed by atoms with van der Waals surface area (Å²) in [6, 6.07) is 9.42. The molecule has 0 bridgehead atoms. The second-order valence-electron chi connectivity index (χ2n) is 3.82. The van der Waals surface area contributed by atoms with Gasteiger partial charge in [-0.2, -0.15) is 0 Å². The number of sulfone groups is 1. The van der Waals surface area contributed by atoms with Crippen LogP contribution in [-0.2, 0) is 9.84 Å². The van der Waals surface area contributed by atoms with E-state index in [4.69, 9.17) is 0 Å². The molecule has 1 aliphatic rings. The van der Waals surface area contributed by atoms with Crippen molar-refractivity contribution in [3.63, 3.8) is 0 Å². The summed E-state index contributed by atoms with van der Waals surface area (Å²) >= 11 is 0. The molecule has 1 aromatic rings. The molecule has 1 radical (unpaired) electrons. The van der Waals surface area contributed by atoms with Crippen molar-refractivity contribution < 1.29 is 8.42 Å². The fourth-order valence-corrected chi connectivity index (χ4v) is 3.32. The van der Waals surface area contributed by atoms with Crippen molar-refractivity contribution >= 4 is 9.84 Å². The molecule has 0 aliphatic heterocycles. The van der Waals surface area contributed by atoms with E-state index in [0.29, 0.717) is 16.6 Å². The van der Waals surface area contributed by atoms with Gasteiger partial charge in [0, 0.05) is 0 Å². The summed E-state index contributed by atoms with van der Waals surface area (Å²) in [6.07, 6.45) is 3.31. The second kappa shape index (κ2) is 3.73. The van der Waals surface area contributed by atoms with Crippen LogP contribution in [0.5, 0.6) is 0 Å². The molecule has 0 N–H and O–H groups in total. The molecule has 1 saturated carbocycles. The minimum Gasteiger partial charge on any atom is -0.224 e. The zero-order valence-corrected chi connectivity index (χ0v) is 8.76. The van der Waals surface area contributed by atoms with Crippen LogP contribution >= 0.6 is 0 Å². The van der Waals surface area contributed by atoms with E-state index in [0.717, 1.165) is 12.8 Å². The summed E-state index contributed by atoms with van der Waals surface area (Å²) < 4.78 is 23.6. The number of benzene rings is 1. The van der Waals surface area contributed by atoms with Crippen molar-refractivity contribution in [2.24, 2.45) is 5.92 Å². The molecule has 2 rings (SSSR count). The molecule has 0 atom stereocenters. The third-order valence-corrected chi connectivity index (χ3v) is 4.60. The van der Waals surface area contributed by atoms with Crippen LogP contribution in [-0.4, -0.2) is 14.2 Å². The predicted octanol–water partition coefficient (Wildman–Crippen LogP) is 2.06. The van der Waals surface area contributed by atoms with Crippen LogP contribution in [0.3, 0.4) is 0 Å². The van der Waals surface area contributed by atoms with Gasteiger partial charge < -0.3 is 0 Å². The lowest BCUT2D eigenvalue weighted by molar-refractivity contribution is 0.347. The highest BCUT2D eigenvalue weighted by atomic mass is 32.2. The lowest BCUT2D eigenvalue weighted by Gasteiger charge is -2.24. The van der Waals surface area contributed by atoms with E-state index in [1.165, 1.54) is 6.42 Å². The van der Waals surface area contributed by atoms with Gasteiger partial charge >= 0.3 is 0 Å². The molecule has 2 nitrogen and oxygen atoms in total. The summed E-state index contributed by atoms with van der Waals surface area (Å²) in [6.45, 7) is 0. The minimum atomic E-state index is -3.05. The van der Waals surface area contributed by atoms with Crippen LogP contribution in [0.1, 0.15) is 19.3 Å². The Morgan fingerprint density at radius 3 is 2.71 bits per heavy atom. The van der Waals surface area contributed by atoms with E-state index in [1.807, 2.05) is 0 Å². The van der Waals surface area contributed by atoms with Gasteiger partial charge in [0.25, 0.3) is 0 Å². The summed E-state index contributed by atoms with van der Waals surface area (Å²) in [5, 5.41) is 0. The summed E-state index contributed by atoms with van der Waals surface area (Å²) in [5.74, 6) is 0.699. The van der Waals surface area contributed by atoms with Gasteiger partial charge in [-0.15, -0.1) is 0 Å². The zero-order chi connectivity index (χ0) is 10.0. The highest BCUT2D eigenvalue weighted by Gasteiger charge is 2.25. The summed E-state index contributed by atoms with van der Waals surface area (Å²) in [5.41, 5.74) is 0. The normalized spacial score (nSPS) is 17.7. The fourth-order valence-electron chi connectivity index (χ4n) is 1.64. The van der Waals surface area contributed by atoms with Crippen LogP contribution in [0.25, 0.3) is 0 Å². The molecule has 0 aromatic heterocycles. The Kier molecular flexibility index (Phi) is 2.59. The SMILES string of the molecule is O=S(=O)(CC1CCC1)c1c[c]ccc1. The third kappa shape index (κ3) is 1.98. The Hall–Kier alpha value is -0.830. The first-order valence-corrected chi connectivity index (χ1v) is 6.52. The van der Waals surface area contributed by atoms with Gasteiger partial charge in [-0.1, -0.05) is 18.6 Å². The monoisotopic (exact) mass is 209 g/mol. The molecule has 1 aromatic carbocycles. The maximum absolute atomic E-state index is 11.8. The Bertz CT molecular complexity index is 391. The summed E-state index contributed by atoms with van der Waals surface area (Å²) in [7, 11) is -3.05. The molecule has 14 heavy (non-hydrogen) atoms. The zero-order valence-electron chi connectivity index (χ0n) is 7.94. The van der Waals surface area contributed by atoms with E-state index in [2.05, 4.69) is 6.07 Å². The average molecular weight is 209 g/mol. The smallest absolute Gasteiger partial charge is 0.178 e. The highest BCUT2D eigenvalue weighted by molar-refractivity contribution is 7.91.